The molecule has 8 rings (SSSR count). The van der Waals surface area contributed by atoms with Crippen molar-refractivity contribution < 1.29 is 0 Å². The van der Waals surface area contributed by atoms with Gasteiger partial charge >= 0.3 is 0 Å². The van der Waals surface area contributed by atoms with Crippen LogP contribution in [0.5, 0.6) is 0 Å². The van der Waals surface area contributed by atoms with E-state index in [1.165, 1.54) is 32.7 Å². The lowest BCUT2D eigenvalue weighted by Crippen LogP contribution is -2.10. The highest BCUT2D eigenvalue weighted by atomic mass is 15.0. The lowest BCUT2D eigenvalue weighted by atomic mass is 9.86. The minimum atomic E-state index is 0.0283. The van der Waals surface area contributed by atoms with Gasteiger partial charge in [0.05, 0.1) is 40.3 Å². The monoisotopic (exact) mass is 646 g/mol. The summed E-state index contributed by atoms with van der Waals surface area (Å²) in [5.41, 5.74) is 11.4. The number of para-hydroxylation sites is 2. The fourth-order valence-corrected chi connectivity index (χ4v) is 7.41. The van der Waals surface area contributed by atoms with Crippen LogP contribution in [0.1, 0.15) is 58.2 Å². The van der Waals surface area contributed by atoms with E-state index >= 15 is 0 Å². The summed E-state index contributed by atoms with van der Waals surface area (Å²) in [6, 6.07) is 44.9. The van der Waals surface area contributed by atoms with E-state index in [0.717, 1.165) is 44.6 Å². The zero-order chi connectivity index (χ0) is 34.9. The van der Waals surface area contributed by atoms with E-state index in [4.69, 9.17) is 6.57 Å². The second-order valence-electron chi connectivity index (χ2n) is 15.3. The van der Waals surface area contributed by atoms with E-state index in [1.54, 1.807) is 0 Å². The normalized spacial score (nSPS) is 12.2. The molecule has 2 aromatic heterocycles. The number of hydrogen-bond donors (Lipinski definition) is 0. The second kappa shape index (κ2) is 11.2. The van der Waals surface area contributed by atoms with Gasteiger partial charge in [0.15, 0.2) is 5.69 Å². The number of aromatic nitrogens is 2. The maximum absolute atomic E-state index is 10.5. The van der Waals surface area contributed by atoms with Gasteiger partial charge in [0.2, 0.25) is 0 Å². The minimum Gasteiger partial charge on any atom is -0.311 e. The summed E-state index contributed by atoms with van der Waals surface area (Å²) in [5, 5.41) is 15.3. The topological polar surface area (TPSA) is 38.0 Å². The number of fused-ring (bicyclic) bond motifs is 6. The van der Waals surface area contributed by atoms with Gasteiger partial charge in [-0.1, -0.05) is 102 Å². The quantitative estimate of drug-likeness (QED) is 0.176. The molecule has 0 aliphatic carbocycles. The third-order valence-electron chi connectivity index (χ3n) is 10.1. The van der Waals surface area contributed by atoms with Gasteiger partial charge in [-0.15, -0.1) is 0 Å². The molecule has 0 aliphatic rings. The molecular weight excluding hydrogens is 609 g/mol. The molecule has 8 aromatic rings. The standard InChI is InChI=1S/C46H38N4/c1-45(2,3)30-16-22-43-38(25-30)36-12-8-10-14-41(36)49(43)32-18-20-34(29(24-32)28-47)35-21-19-33(27-40(35)48-7)50-42-15-11-9-13-37(42)39-26-31(46(4,5)6)17-23-44(39)50/h8-27H,1-6H3. The molecule has 0 aliphatic heterocycles. The third-order valence-corrected chi connectivity index (χ3v) is 10.1. The van der Waals surface area contributed by atoms with Gasteiger partial charge in [0.1, 0.15) is 0 Å². The van der Waals surface area contributed by atoms with Crippen LogP contribution in [0.3, 0.4) is 0 Å². The van der Waals surface area contributed by atoms with E-state index in [2.05, 4.69) is 159 Å². The van der Waals surface area contributed by atoms with E-state index in [9.17, 15) is 5.26 Å². The van der Waals surface area contributed by atoms with Crippen LogP contribution in [0.15, 0.2) is 121 Å². The Labute approximate surface area is 293 Å². The molecule has 0 fully saturated rings. The molecule has 0 amide bonds. The number of hydrogen-bond acceptors (Lipinski definition) is 1. The van der Waals surface area contributed by atoms with Crippen LogP contribution in [-0.2, 0) is 10.8 Å². The Morgan fingerprint density at radius 3 is 1.46 bits per heavy atom. The van der Waals surface area contributed by atoms with Crippen LogP contribution in [-0.4, -0.2) is 9.13 Å². The number of rotatable bonds is 3. The first-order valence-electron chi connectivity index (χ1n) is 17.1. The van der Waals surface area contributed by atoms with Crippen LogP contribution < -0.4 is 0 Å². The average Bonchev–Trinajstić information content (AvgIpc) is 3.62. The predicted octanol–water partition coefficient (Wildman–Crippen LogP) is 12.6. The van der Waals surface area contributed by atoms with E-state index in [1.807, 2.05) is 24.3 Å². The van der Waals surface area contributed by atoms with Crippen LogP contribution in [0.2, 0.25) is 0 Å². The lowest BCUT2D eigenvalue weighted by Gasteiger charge is -2.19. The lowest BCUT2D eigenvalue weighted by molar-refractivity contribution is 0.591. The first kappa shape index (κ1) is 31.2. The maximum atomic E-state index is 10.5. The average molecular weight is 647 g/mol. The molecule has 0 radical (unpaired) electrons. The van der Waals surface area contributed by atoms with Gasteiger partial charge in [0, 0.05) is 32.9 Å². The smallest absolute Gasteiger partial charge is 0.197 e. The van der Waals surface area contributed by atoms with Crippen molar-refractivity contribution in [2.45, 2.75) is 52.4 Å². The molecule has 242 valence electrons. The van der Waals surface area contributed by atoms with Crippen LogP contribution in [0, 0.1) is 17.9 Å². The van der Waals surface area contributed by atoms with Crippen molar-refractivity contribution in [2.24, 2.45) is 0 Å². The van der Waals surface area contributed by atoms with Crippen molar-refractivity contribution in [3.05, 3.63) is 149 Å². The third kappa shape index (κ3) is 4.88. The molecule has 0 N–H and O–H groups in total. The molecule has 6 aromatic carbocycles. The van der Waals surface area contributed by atoms with Crippen molar-refractivity contribution in [1.29, 1.82) is 5.26 Å². The fraction of sp³-hybridized carbons (Fsp3) is 0.174. The summed E-state index contributed by atoms with van der Waals surface area (Å²) in [6.07, 6.45) is 0. The summed E-state index contributed by atoms with van der Waals surface area (Å²) in [4.78, 5) is 4.00. The van der Waals surface area contributed by atoms with Gasteiger partial charge < -0.3 is 9.13 Å². The molecule has 50 heavy (non-hydrogen) atoms. The van der Waals surface area contributed by atoms with Crippen LogP contribution >= 0.6 is 0 Å². The molecule has 0 unspecified atom stereocenters. The molecule has 0 bridgehead atoms. The Morgan fingerprint density at radius 2 is 0.980 bits per heavy atom. The summed E-state index contributed by atoms with van der Waals surface area (Å²) in [7, 11) is 0. The summed E-state index contributed by atoms with van der Waals surface area (Å²) < 4.78 is 4.49. The maximum Gasteiger partial charge on any atom is 0.197 e. The zero-order valence-corrected chi connectivity index (χ0v) is 29.3. The number of benzene rings is 6. The van der Waals surface area contributed by atoms with Crippen molar-refractivity contribution >= 4 is 49.3 Å². The van der Waals surface area contributed by atoms with E-state index in [0.29, 0.717) is 11.3 Å². The molecule has 0 saturated heterocycles. The minimum absolute atomic E-state index is 0.0283. The highest BCUT2D eigenvalue weighted by Gasteiger charge is 2.21. The van der Waals surface area contributed by atoms with E-state index in [-0.39, 0.29) is 10.8 Å². The highest BCUT2D eigenvalue weighted by Crippen LogP contribution is 2.41. The van der Waals surface area contributed by atoms with Crippen molar-refractivity contribution in [2.75, 3.05) is 0 Å². The molecule has 4 heteroatoms. The largest absolute Gasteiger partial charge is 0.311 e. The van der Waals surface area contributed by atoms with Gasteiger partial charge in [-0.25, -0.2) is 4.85 Å². The summed E-state index contributed by atoms with van der Waals surface area (Å²) >= 11 is 0. The Balaban J connectivity index is 1.27. The van der Waals surface area contributed by atoms with Gasteiger partial charge in [-0.2, -0.15) is 5.26 Å². The predicted molar refractivity (Wildman–Crippen MR) is 209 cm³/mol. The van der Waals surface area contributed by atoms with Gasteiger partial charge in [-0.3, -0.25) is 0 Å². The molecule has 0 spiro atoms. The Kier molecular flexibility index (Phi) is 7.00. The van der Waals surface area contributed by atoms with Crippen LogP contribution in [0.4, 0.5) is 5.69 Å². The Hall–Kier alpha value is -6.10. The van der Waals surface area contributed by atoms with Crippen molar-refractivity contribution in [3.63, 3.8) is 0 Å². The zero-order valence-electron chi connectivity index (χ0n) is 29.3. The Morgan fingerprint density at radius 1 is 0.520 bits per heavy atom. The highest BCUT2D eigenvalue weighted by molar-refractivity contribution is 6.10. The SMILES string of the molecule is [C-]#[N+]c1cc(-n2c3ccccc3c3cc(C(C)(C)C)ccc32)ccc1-c1ccc(-n2c3ccccc3c3cc(C(C)(C)C)ccc32)cc1C#N. The van der Waals surface area contributed by atoms with Crippen molar-refractivity contribution in [3.8, 4) is 28.6 Å². The molecule has 0 atom stereocenters. The van der Waals surface area contributed by atoms with Gasteiger partial charge in [-0.05, 0) is 93.7 Å². The second-order valence-corrected chi connectivity index (χ2v) is 15.3. The molecule has 0 saturated carbocycles. The molecule has 2 heterocycles. The van der Waals surface area contributed by atoms with Crippen LogP contribution in [0.25, 0.3) is 71.0 Å². The number of nitriles is 1. The van der Waals surface area contributed by atoms with E-state index < -0.39 is 0 Å². The number of nitrogens with zero attached hydrogens (tertiary/aromatic N) is 4. The first-order valence-corrected chi connectivity index (χ1v) is 17.1. The molecular formula is C46H38N4. The fourth-order valence-electron chi connectivity index (χ4n) is 7.41. The Bertz CT molecular complexity index is 2550. The van der Waals surface area contributed by atoms with Crippen molar-refractivity contribution in [1.82, 2.24) is 9.13 Å². The summed E-state index contributed by atoms with van der Waals surface area (Å²) in [5.74, 6) is 0. The van der Waals surface area contributed by atoms with Gasteiger partial charge in [0.25, 0.3) is 0 Å². The molecule has 4 nitrogen and oxygen atoms in total. The first-order chi connectivity index (χ1) is 24.0. The summed E-state index contributed by atoms with van der Waals surface area (Å²) in [6.45, 7) is 21.7.